The fourth-order valence-corrected chi connectivity index (χ4v) is 8.51. The second-order valence-electron chi connectivity index (χ2n) is 11.7. The van der Waals surface area contributed by atoms with Gasteiger partial charge in [-0.15, -0.1) is 11.3 Å². The minimum atomic E-state index is 1.18. The zero-order chi connectivity index (χ0) is 28.8. The van der Waals surface area contributed by atoms with Crippen molar-refractivity contribution in [3.05, 3.63) is 152 Å². The maximum atomic E-state index is 2.48. The summed E-state index contributed by atoms with van der Waals surface area (Å²) in [6.45, 7) is 0. The molecule has 2 aromatic heterocycles. The maximum absolute atomic E-state index is 2.48. The number of hydrogen-bond acceptors (Lipinski definition) is 1. The van der Waals surface area contributed by atoms with Gasteiger partial charge in [-0.25, -0.2) is 0 Å². The number of fused-ring (bicyclic) bond motifs is 13. The molecule has 0 bridgehead atoms. The van der Waals surface area contributed by atoms with E-state index >= 15 is 0 Å². The Morgan fingerprint density at radius 3 is 1.91 bits per heavy atom. The third-order valence-corrected chi connectivity index (χ3v) is 10.5. The highest BCUT2D eigenvalue weighted by atomic mass is 32.1. The van der Waals surface area contributed by atoms with Crippen LogP contribution in [-0.4, -0.2) is 4.57 Å². The lowest BCUT2D eigenvalue weighted by atomic mass is 9.92. The quantitative estimate of drug-likeness (QED) is 0.181. The third-order valence-electron chi connectivity index (χ3n) is 9.34. The molecule has 0 aliphatic carbocycles. The smallest absolute Gasteiger partial charge is 0.0626 e. The van der Waals surface area contributed by atoms with Crippen molar-refractivity contribution in [3.8, 4) is 16.8 Å². The molecular weight excluding hydrogens is 551 g/mol. The molecule has 10 rings (SSSR count). The van der Waals surface area contributed by atoms with Gasteiger partial charge in [0, 0.05) is 47.4 Å². The van der Waals surface area contributed by atoms with Crippen LogP contribution in [-0.2, 0) is 0 Å². The van der Waals surface area contributed by atoms with Crippen LogP contribution in [0, 0.1) is 0 Å². The Hall–Kier alpha value is -5.44. The number of para-hydroxylation sites is 1. The van der Waals surface area contributed by atoms with Crippen molar-refractivity contribution in [1.29, 1.82) is 0 Å². The Morgan fingerprint density at radius 1 is 0.386 bits per heavy atom. The molecule has 0 aliphatic heterocycles. The summed E-state index contributed by atoms with van der Waals surface area (Å²) in [5.74, 6) is 0. The largest absolute Gasteiger partial charge is 0.309 e. The molecule has 0 radical (unpaired) electrons. The van der Waals surface area contributed by atoms with E-state index in [1.807, 2.05) is 11.3 Å². The Morgan fingerprint density at radius 2 is 1.05 bits per heavy atom. The van der Waals surface area contributed by atoms with E-state index in [4.69, 9.17) is 0 Å². The van der Waals surface area contributed by atoms with Crippen LogP contribution >= 0.6 is 11.3 Å². The van der Waals surface area contributed by atoms with Crippen LogP contribution in [0.15, 0.2) is 152 Å². The summed E-state index contributed by atoms with van der Waals surface area (Å²) in [5, 5.41) is 13.0. The van der Waals surface area contributed by atoms with Gasteiger partial charge in [-0.2, -0.15) is 0 Å². The lowest BCUT2D eigenvalue weighted by Gasteiger charge is -2.13. The first-order valence-electron chi connectivity index (χ1n) is 15.1. The van der Waals surface area contributed by atoms with E-state index in [9.17, 15) is 0 Å². The van der Waals surface area contributed by atoms with Gasteiger partial charge in [0.1, 0.15) is 0 Å². The molecule has 0 N–H and O–H groups in total. The number of thiophene rings is 1. The average Bonchev–Trinajstić information content (AvgIpc) is 3.64. The van der Waals surface area contributed by atoms with E-state index in [2.05, 4.69) is 156 Å². The lowest BCUT2D eigenvalue weighted by molar-refractivity contribution is 1.19. The molecular formula is C42H25NS. The normalized spacial score (nSPS) is 12.1. The number of aromatic nitrogens is 1. The standard InChI is InChI=1S/C42H25NS/c1-2-11-29(12-3-1)43-37-22-19-27(28-20-23-39-35(24-28)32-15-8-9-17-38(32)44-39)25-36(37)41-40-30-13-5-4-10-26(30)18-21-33(40)31-14-6-7-16-34(31)42(41)43/h1-25H. The molecule has 0 unspecified atom stereocenters. The van der Waals surface area contributed by atoms with Crippen molar-refractivity contribution >= 4 is 85.6 Å². The van der Waals surface area contributed by atoms with Crippen molar-refractivity contribution < 1.29 is 0 Å². The van der Waals surface area contributed by atoms with E-state index in [1.165, 1.54) is 91.1 Å². The van der Waals surface area contributed by atoms with Crippen molar-refractivity contribution in [1.82, 2.24) is 4.57 Å². The van der Waals surface area contributed by atoms with E-state index in [-0.39, 0.29) is 0 Å². The minimum absolute atomic E-state index is 1.18. The van der Waals surface area contributed by atoms with Crippen molar-refractivity contribution in [3.63, 3.8) is 0 Å². The summed E-state index contributed by atoms with van der Waals surface area (Å²) in [6, 6.07) is 56.0. The second-order valence-corrected chi connectivity index (χ2v) is 12.8. The highest BCUT2D eigenvalue weighted by Gasteiger charge is 2.21. The Kier molecular flexibility index (Phi) is 4.94. The molecule has 2 heterocycles. The maximum Gasteiger partial charge on any atom is 0.0626 e. The van der Waals surface area contributed by atoms with Crippen LogP contribution in [0.2, 0.25) is 0 Å². The van der Waals surface area contributed by atoms with Gasteiger partial charge in [0.15, 0.2) is 0 Å². The fraction of sp³-hybridized carbons (Fsp3) is 0. The molecule has 0 atom stereocenters. The molecule has 10 aromatic rings. The second kappa shape index (κ2) is 9.03. The van der Waals surface area contributed by atoms with E-state index in [0.717, 1.165) is 0 Å². The highest BCUT2D eigenvalue weighted by molar-refractivity contribution is 7.25. The predicted molar refractivity (Wildman–Crippen MR) is 192 cm³/mol. The van der Waals surface area contributed by atoms with Crippen LogP contribution in [0.25, 0.3) is 91.1 Å². The molecule has 204 valence electrons. The summed E-state index contributed by atoms with van der Waals surface area (Å²) in [4.78, 5) is 0. The molecule has 0 aliphatic rings. The Bertz CT molecular complexity index is 2760. The topological polar surface area (TPSA) is 4.93 Å². The first-order chi connectivity index (χ1) is 21.8. The summed E-state index contributed by atoms with van der Waals surface area (Å²) >= 11 is 1.87. The highest BCUT2D eigenvalue weighted by Crippen LogP contribution is 2.46. The Labute approximate surface area is 257 Å². The monoisotopic (exact) mass is 575 g/mol. The first kappa shape index (κ1) is 24.0. The van der Waals surface area contributed by atoms with Crippen molar-refractivity contribution in [2.75, 3.05) is 0 Å². The van der Waals surface area contributed by atoms with Crippen LogP contribution < -0.4 is 0 Å². The zero-order valence-electron chi connectivity index (χ0n) is 23.8. The van der Waals surface area contributed by atoms with Gasteiger partial charge in [0.05, 0.1) is 11.0 Å². The summed E-state index contributed by atoms with van der Waals surface area (Å²) < 4.78 is 5.15. The Balaban J connectivity index is 1.40. The molecule has 0 saturated carbocycles. The van der Waals surface area contributed by atoms with Gasteiger partial charge >= 0.3 is 0 Å². The van der Waals surface area contributed by atoms with Gasteiger partial charge in [0.25, 0.3) is 0 Å². The number of rotatable bonds is 2. The molecule has 1 nitrogen and oxygen atoms in total. The molecule has 0 amide bonds. The third kappa shape index (κ3) is 3.29. The average molecular weight is 576 g/mol. The molecule has 0 fully saturated rings. The van der Waals surface area contributed by atoms with Gasteiger partial charge < -0.3 is 4.57 Å². The van der Waals surface area contributed by atoms with E-state index in [1.54, 1.807) is 0 Å². The summed E-state index contributed by atoms with van der Waals surface area (Å²) in [7, 11) is 0. The number of benzene rings is 8. The molecule has 2 heteroatoms. The minimum Gasteiger partial charge on any atom is -0.309 e. The van der Waals surface area contributed by atoms with Gasteiger partial charge in [-0.1, -0.05) is 109 Å². The number of nitrogens with zero attached hydrogens (tertiary/aromatic N) is 1. The molecule has 0 spiro atoms. The predicted octanol–water partition coefficient (Wildman–Crippen LogP) is 12.3. The summed E-state index contributed by atoms with van der Waals surface area (Å²) in [5.41, 5.74) is 6.16. The lowest BCUT2D eigenvalue weighted by Crippen LogP contribution is -1.94. The number of hydrogen-bond donors (Lipinski definition) is 0. The van der Waals surface area contributed by atoms with Crippen LogP contribution in [0.3, 0.4) is 0 Å². The first-order valence-corrected chi connectivity index (χ1v) is 15.9. The van der Waals surface area contributed by atoms with E-state index in [0.29, 0.717) is 0 Å². The van der Waals surface area contributed by atoms with Crippen LogP contribution in [0.1, 0.15) is 0 Å². The molecule has 8 aromatic carbocycles. The van der Waals surface area contributed by atoms with Crippen molar-refractivity contribution in [2.24, 2.45) is 0 Å². The van der Waals surface area contributed by atoms with Crippen LogP contribution in [0.5, 0.6) is 0 Å². The van der Waals surface area contributed by atoms with Gasteiger partial charge in [-0.05, 0) is 75.1 Å². The fourth-order valence-electron chi connectivity index (χ4n) is 7.42. The van der Waals surface area contributed by atoms with Gasteiger partial charge in [0.2, 0.25) is 0 Å². The van der Waals surface area contributed by atoms with Crippen molar-refractivity contribution in [2.45, 2.75) is 0 Å². The van der Waals surface area contributed by atoms with Gasteiger partial charge in [-0.3, -0.25) is 0 Å². The SMILES string of the molecule is c1ccc(-n2c3ccc(-c4ccc5sc6ccccc6c5c4)cc3c3c4c5ccccc5ccc4c4ccccc4c32)cc1. The summed E-state index contributed by atoms with van der Waals surface area (Å²) in [6.07, 6.45) is 0. The molecule has 0 saturated heterocycles. The molecule has 44 heavy (non-hydrogen) atoms. The van der Waals surface area contributed by atoms with E-state index < -0.39 is 0 Å². The van der Waals surface area contributed by atoms with Crippen LogP contribution in [0.4, 0.5) is 0 Å². The zero-order valence-corrected chi connectivity index (χ0v) is 24.6.